The van der Waals surface area contributed by atoms with Gasteiger partial charge in [0, 0.05) is 23.7 Å². The first-order chi connectivity index (χ1) is 6.92. The van der Waals surface area contributed by atoms with Gasteiger partial charge in [0.2, 0.25) is 0 Å². The second-order valence-corrected chi connectivity index (χ2v) is 3.20. The Labute approximate surface area is 82.9 Å². The van der Waals surface area contributed by atoms with E-state index in [0.29, 0.717) is 6.42 Å². The van der Waals surface area contributed by atoms with Crippen molar-refractivity contribution in [1.29, 1.82) is 0 Å². The molecule has 1 aromatic carbocycles. The summed E-state index contributed by atoms with van der Waals surface area (Å²) in [7, 11) is 0. The summed E-state index contributed by atoms with van der Waals surface area (Å²) in [6, 6.07) is 8.22. The summed E-state index contributed by atoms with van der Waals surface area (Å²) < 4.78 is 0. The van der Waals surface area contributed by atoms with E-state index >= 15 is 0 Å². The van der Waals surface area contributed by atoms with Crippen LogP contribution in [-0.2, 0) is 0 Å². The van der Waals surface area contributed by atoms with E-state index in [1.165, 1.54) is 10.9 Å². The van der Waals surface area contributed by atoms with E-state index in [1.54, 1.807) is 0 Å². The molecule has 2 heteroatoms. The largest absolute Gasteiger partial charge is 0.396 e. The van der Waals surface area contributed by atoms with Crippen LogP contribution in [0.4, 0.5) is 0 Å². The van der Waals surface area contributed by atoms with Crippen LogP contribution >= 0.6 is 0 Å². The Balaban J connectivity index is 2.36. The van der Waals surface area contributed by atoms with Gasteiger partial charge in [-0.15, -0.1) is 0 Å². The maximum atomic E-state index is 8.66. The summed E-state index contributed by atoms with van der Waals surface area (Å²) in [5, 5.41) is 9.88. The van der Waals surface area contributed by atoms with Crippen molar-refractivity contribution in [3.8, 4) is 0 Å². The topological polar surface area (TPSA) is 36.0 Å². The number of aromatic nitrogens is 1. The van der Waals surface area contributed by atoms with Crippen molar-refractivity contribution in [3.63, 3.8) is 0 Å². The lowest BCUT2D eigenvalue weighted by Gasteiger charge is -1.95. The molecule has 1 aromatic heterocycles. The number of nitrogens with one attached hydrogen (secondary N) is 1. The molecule has 0 bridgehead atoms. The number of aliphatic hydroxyl groups excluding tert-OH is 1. The quantitative estimate of drug-likeness (QED) is 0.761. The molecule has 0 unspecified atom stereocenters. The maximum Gasteiger partial charge on any atom is 0.0465 e. The van der Waals surface area contributed by atoms with Gasteiger partial charge in [0.25, 0.3) is 0 Å². The molecular formula is C12H13NO. The molecule has 0 aliphatic carbocycles. The average Bonchev–Trinajstić information content (AvgIpc) is 2.67. The molecule has 0 saturated carbocycles. The molecule has 0 saturated heterocycles. The molecule has 0 atom stereocenters. The fourth-order valence-corrected chi connectivity index (χ4v) is 1.54. The van der Waals surface area contributed by atoms with Crippen molar-refractivity contribution in [1.82, 2.24) is 4.98 Å². The lowest BCUT2D eigenvalue weighted by molar-refractivity contribution is 0.303. The van der Waals surface area contributed by atoms with Crippen LogP contribution in [0.3, 0.4) is 0 Å². The van der Waals surface area contributed by atoms with Crippen LogP contribution in [0.2, 0.25) is 0 Å². The molecule has 0 radical (unpaired) electrons. The summed E-state index contributed by atoms with van der Waals surface area (Å²) in [4.78, 5) is 3.17. The summed E-state index contributed by atoms with van der Waals surface area (Å²) in [6.07, 6.45) is 6.68. The Hall–Kier alpha value is -1.54. The molecule has 0 amide bonds. The monoisotopic (exact) mass is 187 g/mol. The van der Waals surface area contributed by atoms with Gasteiger partial charge >= 0.3 is 0 Å². The Kier molecular flexibility index (Phi) is 2.65. The van der Waals surface area contributed by atoms with Crippen LogP contribution in [0.1, 0.15) is 12.0 Å². The highest BCUT2D eigenvalue weighted by Crippen LogP contribution is 2.18. The Morgan fingerprint density at radius 3 is 3.07 bits per heavy atom. The number of aliphatic hydroxyl groups is 1. The zero-order valence-electron chi connectivity index (χ0n) is 7.90. The van der Waals surface area contributed by atoms with Gasteiger partial charge in [-0.05, 0) is 24.1 Å². The third-order valence-corrected chi connectivity index (χ3v) is 2.22. The van der Waals surface area contributed by atoms with Crippen LogP contribution in [-0.4, -0.2) is 16.7 Å². The fourth-order valence-electron chi connectivity index (χ4n) is 1.54. The van der Waals surface area contributed by atoms with E-state index in [2.05, 4.69) is 23.2 Å². The first-order valence-electron chi connectivity index (χ1n) is 4.75. The van der Waals surface area contributed by atoms with E-state index in [-0.39, 0.29) is 6.61 Å². The van der Waals surface area contributed by atoms with Crippen LogP contribution < -0.4 is 0 Å². The van der Waals surface area contributed by atoms with Crippen molar-refractivity contribution in [3.05, 3.63) is 42.1 Å². The van der Waals surface area contributed by atoms with Crippen molar-refractivity contribution in [2.24, 2.45) is 0 Å². The highest BCUT2D eigenvalue weighted by molar-refractivity contribution is 5.88. The maximum absolute atomic E-state index is 8.66. The average molecular weight is 187 g/mol. The molecule has 1 heterocycles. The Morgan fingerprint density at radius 1 is 1.29 bits per heavy atom. The fraction of sp³-hybridized carbons (Fsp3) is 0.167. The molecule has 2 rings (SSSR count). The molecule has 2 aromatic rings. The van der Waals surface area contributed by atoms with E-state index in [4.69, 9.17) is 5.11 Å². The Morgan fingerprint density at radius 2 is 2.21 bits per heavy atom. The summed E-state index contributed by atoms with van der Waals surface area (Å²) in [6.45, 7) is 0.208. The molecule has 0 fully saturated rings. The summed E-state index contributed by atoms with van der Waals surface area (Å²) in [5.74, 6) is 0. The highest BCUT2D eigenvalue weighted by Gasteiger charge is 1.96. The molecule has 2 nitrogen and oxygen atoms in total. The van der Waals surface area contributed by atoms with Crippen molar-refractivity contribution >= 4 is 17.0 Å². The standard InChI is InChI=1S/C12H13NO/c14-9-2-1-4-10-5-3-6-12-11(10)7-8-13-12/h1,3-8,13-14H,2,9H2. The number of hydrogen-bond donors (Lipinski definition) is 2. The van der Waals surface area contributed by atoms with Crippen LogP contribution in [0.15, 0.2) is 36.5 Å². The number of benzene rings is 1. The van der Waals surface area contributed by atoms with Crippen LogP contribution in [0.5, 0.6) is 0 Å². The predicted octanol–water partition coefficient (Wildman–Crippen LogP) is 2.56. The third kappa shape index (κ3) is 1.70. The van der Waals surface area contributed by atoms with Crippen molar-refractivity contribution in [2.45, 2.75) is 6.42 Å². The molecule has 14 heavy (non-hydrogen) atoms. The van der Waals surface area contributed by atoms with Gasteiger partial charge < -0.3 is 10.1 Å². The predicted molar refractivity (Wildman–Crippen MR) is 59.0 cm³/mol. The SMILES string of the molecule is OCCC=Cc1cccc2[nH]ccc12. The minimum Gasteiger partial charge on any atom is -0.396 e. The number of aromatic amines is 1. The zero-order chi connectivity index (χ0) is 9.80. The number of rotatable bonds is 3. The van der Waals surface area contributed by atoms with Gasteiger partial charge in [-0.25, -0.2) is 0 Å². The van der Waals surface area contributed by atoms with Gasteiger partial charge in [-0.1, -0.05) is 24.3 Å². The molecule has 0 aliphatic heterocycles. The molecule has 0 spiro atoms. The van der Waals surface area contributed by atoms with Gasteiger partial charge in [0.1, 0.15) is 0 Å². The third-order valence-electron chi connectivity index (χ3n) is 2.22. The minimum absolute atomic E-state index is 0.208. The van der Waals surface area contributed by atoms with Crippen LogP contribution in [0.25, 0.3) is 17.0 Å². The number of fused-ring (bicyclic) bond motifs is 1. The van der Waals surface area contributed by atoms with Crippen LogP contribution in [0, 0.1) is 0 Å². The first-order valence-corrected chi connectivity index (χ1v) is 4.75. The smallest absolute Gasteiger partial charge is 0.0465 e. The van der Waals surface area contributed by atoms with E-state index in [9.17, 15) is 0 Å². The van der Waals surface area contributed by atoms with Crippen molar-refractivity contribution < 1.29 is 5.11 Å². The van der Waals surface area contributed by atoms with E-state index in [0.717, 1.165) is 5.52 Å². The summed E-state index contributed by atoms with van der Waals surface area (Å²) in [5.41, 5.74) is 2.34. The van der Waals surface area contributed by atoms with Gasteiger partial charge in [0.15, 0.2) is 0 Å². The second-order valence-electron chi connectivity index (χ2n) is 3.20. The molecule has 72 valence electrons. The van der Waals surface area contributed by atoms with E-state index < -0.39 is 0 Å². The lowest BCUT2D eigenvalue weighted by atomic mass is 10.1. The van der Waals surface area contributed by atoms with Crippen molar-refractivity contribution in [2.75, 3.05) is 6.61 Å². The molecule has 2 N–H and O–H groups in total. The molecular weight excluding hydrogens is 174 g/mol. The number of H-pyrrole nitrogens is 1. The van der Waals surface area contributed by atoms with Gasteiger partial charge in [-0.3, -0.25) is 0 Å². The zero-order valence-corrected chi connectivity index (χ0v) is 7.90. The first kappa shape index (κ1) is 9.03. The molecule has 0 aliphatic rings. The van der Waals surface area contributed by atoms with E-state index in [1.807, 2.05) is 24.4 Å². The van der Waals surface area contributed by atoms with Gasteiger partial charge in [0.05, 0.1) is 0 Å². The highest BCUT2D eigenvalue weighted by atomic mass is 16.2. The van der Waals surface area contributed by atoms with Gasteiger partial charge in [-0.2, -0.15) is 0 Å². The summed E-state index contributed by atoms with van der Waals surface area (Å²) >= 11 is 0. The minimum atomic E-state index is 0.208. The second kappa shape index (κ2) is 4.11. The lowest BCUT2D eigenvalue weighted by Crippen LogP contribution is -1.77. The Bertz CT molecular complexity index is 442. The number of hydrogen-bond acceptors (Lipinski definition) is 1. The normalized spacial score (nSPS) is 11.5.